The van der Waals surface area contributed by atoms with Crippen LogP contribution in [0.1, 0.15) is 57.3 Å². The SMILES string of the molecule is CC=C1/C(=C\C)NC(=O)C(C)CCCC(N)c2cc1cc(=O)[nH]2. The minimum Gasteiger partial charge on any atom is -0.326 e. The topological polar surface area (TPSA) is 88.0 Å². The number of amides is 1. The zero-order valence-electron chi connectivity index (χ0n) is 14.0. The summed E-state index contributed by atoms with van der Waals surface area (Å²) in [5, 5.41) is 2.99. The Bertz CT molecular complexity index is 700. The summed E-state index contributed by atoms with van der Waals surface area (Å²) in [6.45, 7) is 5.69. The van der Waals surface area contributed by atoms with E-state index >= 15 is 0 Å². The second-order valence-electron chi connectivity index (χ2n) is 6.02. The molecule has 124 valence electrons. The molecule has 0 fully saturated rings. The number of nitrogens with two attached hydrogens (primary N) is 1. The number of fused-ring (bicyclic) bond motifs is 2. The third-order valence-corrected chi connectivity index (χ3v) is 4.30. The highest BCUT2D eigenvalue weighted by Crippen LogP contribution is 2.25. The molecule has 1 aromatic rings. The largest absolute Gasteiger partial charge is 0.326 e. The highest BCUT2D eigenvalue weighted by atomic mass is 16.2. The van der Waals surface area contributed by atoms with E-state index < -0.39 is 0 Å². The van der Waals surface area contributed by atoms with Crippen molar-refractivity contribution in [1.29, 1.82) is 0 Å². The molecular formula is C18H25N3O2. The molecule has 0 aliphatic carbocycles. The van der Waals surface area contributed by atoms with Crippen LogP contribution in [0.25, 0.3) is 5.57 Å². The zero-order chi connectivity index (χ0) is 17.0. The number of rotatable bonds is 0. The van der Waals surface area contributed by atoms with Crippen molar-refractivity contribution in [3.63, 3.8) is 0 Å². The summed E-state index contributed by atoms with van der Waals surface area (Å²) in [5.74, 6) is -0.0799. The number of aromatic amines is 1. The van der Waals surface area contributed by atoms with Crippen molar-refractivity contribution in [3.05, 3.63) is 51.6 Å². The summed E-state index contributed by atoms with van der Waals surface area (Å²) in [7, 11) is 0. The summed E-state index contributed by atoms with van der Waals surface area (Å²) < 4.78 is 0. The third kappa shape index (κ3) is 3.99. The minimum atomic E-state index is -0.232. The maximum absolute atomic E-state index is 12.4. The van der Waals surface area contributed by atoms with Crippen LogP contribution in [-0.2, 0) is 4.79 Å². The van der Waals surface area contributed by atoms with Crippen molar-refractivity contribution in [2.24, 2.45) is 11.7 Å². The number of hydrogen-bond donors (Lipinski definition) is 3. The lowest BCUT2D eigenvalue weighted by Gasteiger charge is -2.20. The lowest BCUT2D eigenvalue weighted by molar-refractivity contribution is -0.123. The van der Waals surface area contributed by atoms with Gasteiger partial charge in [0.2, 0.25) is 11.5 Å². The van der Waals surface area contributed by atoms with E-state index in [0.717, 1.165) is 41.8 Å². The molecule has 2 unspecified atom stereocenters. The van der Waals surface area contributed by atoms with E-state index in [1.54, 1.807) is 0 Å². The van der Waals surface area contributed by atoms with Crippen molar-refractivity contribution < 1.29 is 4.79 Å². The number of allylic oxidation sites excluding steroid dienone is 3. The van der Waals surface area contributed by atoms with Crippen molar-refractivity contribution in [2.75, 3.05) is 0 Å². The monoisotopic (exact) mass is 315 g/mol. The Morgan fingerprint density at radius 2 is 1.91 bits per heavy atom. The van der Waals surface area contributed by atoms with Gasteiger partial charge in [0.25, 0.3) is 0 Å². The number of pyridine rings is 1. The Hall–Kier alpha value is -2.14. The molecule has 4 N–H and O–H groups in total. The van der Waals surface area contributed by atoms with Crippen LogP contribution >= 0.6 is 0 Å². The predicted molar refractivity (Wildman–Crippen MR) is 92.6 cm³/mol. The van der Waals surface area contributed by atoms with E-state index in [4.69, 9.17) is 5.73 Å². The maximum atomic E-state index is 12.4. The smallest absolute Gasteiger partial charge is 0.248 e. The normalized spacial score (nSPS) is 26.5. The number of aromatic nitrogens is 1. The summed E-state index contributed by atoms with van der Waals surface area (Å²) in [4.78, 5) is 27.2. The predicted octanol–water partition coefficient (Wildman–Crippen LogP) is 2.62. The minimum absolute atomic E-state index is 0.00309. The summed E-state index contributed by atoms with van der Waals surface area (Å²) in [5.41, 5.74) is 9.09. The van der Waals surface area contributed by atoms with Crippen molar-refractivity contribution in [3.8, 4) is 0 Å². The van der Waals surface area contributed by atoms with Crippen LogP contribution in [-0.4, -0.2) is 10.9 Å². The fourth-order valence-corrected chi connectivity index (χ4v) is 2.88. The van der Waals surface area contributed by atoms with Gasteiger partial charge >= 0.3 is 0 Å². The molecule has 0 radical (unpaired) electrons. The lowest BCUT2D eigenvalue weighted by atomic mass is 9.95. The van der Waals surface area contributed by atoms with Crippen molar-refractivity contribution in [1.82, 2.24) is 10.3 Å². The van der Waals surface area contributed by atoms with Crippen LogP contribution in [0.3, 0.4) is 0 Å². The molecule has 2 bridgehead atoms. The molecule has 0 saturated carbocycles. The molecule has 0 spiro atoms. The van der Waals surface area contributed by atoms with Gasteiger partial charge in [0, 0.05) is 35.0 Å². The molecular weight excluding hydrogens is 290 g/mol. The maximum Gasteiger partial charge on any atom is 0.248 e. The van der Waals surface area contributed by atoms with E-state index in [2.05, 4.69) is 10.3 Å². The Morgan fingerprint density at radius 1 is 1.17 bits per heavy atom. The first-order chi connectivity index (χ1) is 11.0. The van der Waals surface area contributed by atoms with E-state index in [9.17, 15) is 9.59 Å². The van der Waals surface area contributed by atoms with Crippen LogP contribution in [0.2, 0.25) is 0 Å². The van der Waals surface area contributed by atoms with Gasteiger partial charge in [-0.15, -0.1) is 0 Å². The highest BCUT2D eigenvalue weighted by molar-refractivity contribution is 5.87. The fourth-order valence-electron chi connectivity index (χ4n) is 2.88. The second-order valence-corrected chi connectivity index (χ2v) is 6.02. The van der Waals surface area contributed by atoms with Crippen molar-refractivity contribution >= 4 is 11.5 Å². The number of hydrogen-bond acceptors (Lipinski definition) is 3. The molecule has 2 heterocycles. The second kappa shape index (κ2) is 7.42. The Labute approximate surface area is 136 Å². The Kier molecular flexibility index (Phi) is 5.55. The first kappa shape index (κ1) is 17.2. The Balaban J connectivity index is 2.56. The molecule has 1 aromatic heterocycles. The third-order valence-electron chi connectivity index (χ3n) is 4.30. The molecule has 23 heavy (non-hydrogen) atoms. The first-order valence-corrected chi connectivity index (χ1v) is 8.10. The molecule has 5 heteroatoms. The van der Waals surface area contributed by atoms with Gasteiger partial charge < -0.3 is 16.0 Å². The van der Waals surface area contributed by atoms with Gasteiger partial charge in [-0.3, -0.25) is 9.59 Å². The van der Waals surface area contributed by atoms with Gasteiger partial charge in [-0.05, 0) is 38.3 Å². The fraction of sp³-hybridized carbons (Fsp3) is 0.444. The van der Waals surface area contributed by atoms with Gasteiger partial charge in [-0.2, -0.15) is 0 Å². The zero-order valence-corrected chi connectivity index (χ0v) is 14.0. The van der Waals surface area contributed by atoms with Gasteiger partial charge in [0.05, 0.1) is 0 Å². The number of carbonyl (C=O) groups is 1. The Morgan fingerprint density at radius 3 is 2.57 bits per heavy atom. The summed E-state index contributed by atoms with van der Waals surface area (Å²) in [6.07, 6.45) is 6.09. The number of nitrogens with one attached hydrogen (secondary N) is 2. The van der Waals surface area contributed by atoms with E-state index in [-0.39, 0.29) is 23.4 Å². The number of H-pyrrole nitrogens is 1. The van der Waals surface area contributed by atoms with Crippen LogP contribution in [0.5, 0.6) is 0 Å². The van der Waals surface area contributed by atoms with Gasteiger partial charge in [-0.25, -0.2) is 0 Å². The molecule has 0 aromatic carbocycles. The summed E-state index contributed by atoms with van der Waals surface area (Å²) >= 11 is 0. The highest BCUT2D eigenvalue weighted by Gasteiger charge is 2.19. The molecule has 2 rings (SSSR count). The molecule has 2 atom stereocenters. The van der Waals surface area contributed by atoms with Gasteiger partial charge in [-0.1, -0.05) is 25.5 Å². The average Bonchev–Trinajstić information content (AvgIpc) is 2.52. The molecule has 0 saturated heterocycles. The quantitative estimate of drug-likeness (QED) is 0.687. The van der Waals surface area contributed by atoms with E-state index in [1.165, 1.54) is 6.07 Å². The molecule has 1 amide bonds. The molecule has 5 nitrogen and oxygen atoms in total. The molecule has 1 aliphatic rings. The van der Waals surface area contributed by atoms with Crippen LogP contribution in [0.4, 0.5) is 0 Å². The first-order valence-electron chi connectivity index (χ1n) is 8.10. The van der Waals surface area contributed by atoms with E-state index in [0.29, 0.717) is 0 Å². The average molecular weight is 315 g/mol. The van der Waals surface area contributed by atoms with Crippen LogP contribution < -0.4 is 16.6 Å². The van der Waals surface area contributed by atoms with Crippen LogP contribution in [0.15, 0.2) is 34.8 Å². The standard InChI is InChI=1S/C18H25N3O2/c1-4-13-12-9-16(20-17(22)10-12)14(19)8-6-7-11(3)18(23)21-15(13)5-2/h4-5,9-11,14H,6-8,19H2,1-3H3,(H,20,22)(H,21,23)/b13-4?,15-5+. The number of carbonyl (C=O) groups excluding carboxylic acids is 1. The summed E-state index contributed by atoms with van der Waals surface area (Å²) in [6, 6.07) is 3.21. The van der Waals surface area contributed by atoms with Gasteiger partial charge in [0.1, 0.15) is 0 Å². The van der Waals surface area contributed by atoms with Crippen LogP contribution in [0, 0.1) is 5.92 Å². The lowest BCUT2D eigenvalue weighted by Crippen LogP contribution is -2.30. The molecule has 1 aliphatic heterocycles. The van der Waals surface area contributed by atoms with E-state index in [1.807, 2.05) is 39.0 Å². The van der Waals surface area contributed by atoms with Crippen molar-refractivity contribution in [2.45, 2.75) is 46.1 Å². The van der Waals surface area contributed by atoms with Gasteiger partial charge in [0.15, 0.2) is 0 Å².